The Morgan fingerprint density at radius 2 is 1.51 bits per heavy atom. The van der Waals surface area contributed by atoms with Crippen LogP contribution in [0.25, 0.3) is 0 Å². The van der Waals surface area contributed by atoms with E-state index in [4.69, 9.17) is 10.5 Å². The summed E-state index contributed by atoms with van der Waals surface area (Å²) in [5.74, 6) is 0.908. The van der Waals surface area contributed by atoms with Crippen molar-refractivity contribution in [2.45, 2.75) is 31.6 Å². The SMILES string of the molecule is Cc1ccccc1.NC(=O)C(c1ccccc1)(c1ccccc1)[C@@H]1CCN(CCc2ccc3c(c2)CCO3)C1. The van der Waals surface area contributed by atoms with Crippen LogP contribution in [-0.4, -0.2) is 37.0 Å². The number of hydrogen-bond acceptors (Lipinski definition) is 3. The molecule has 1 fully saturated rings. The van der Waals surface area contributed by atoms with Crippen molar-refractivity contribution in [2.24, 2.45) is 11.7 Å². The Labute approximate surface area is 232 Å². The third-order valence-corrected chi connectivity index (χ3v) is 8.14. The number of aryl methyl sites for hydroxylation is 1. The van der Waals surface area contributed by atoms with E-state index in [-0.39, 0.29) is 11.8 Å². The number of rotatable bonds is 7. The molecule has 1 atom stereocenters. The fourth-order valence-corrected chi connectivity index (χ4v) is 6.13. The van der Waals surface area contributed by atoms with Crippen LogP contribution in [0.4, 0.5) is 0 Å². The maximum Gasteiger partial charge on any atom is 0.232 e. The Hall–Kier alpha value is -3.89. The number of ether oxygens (including phenoxy) is 1. The number of nitrogens with two attached hydrogens (primary N) is 1. The standard InChI is InChI=1S/C28H30N2O2.C7H8/c29-27(31)28(23-7-3-1-4-8-23,24-9-5-2-6-10-24)25-14-17-30(20-25)16-13-21-11-12-26-22(19-21)15-18-32-26;1-7-5-3-2-4-6-7/h1-12,19,25H,13-18,20H2,(H2,29,31);2-6H,1H3/t25-;/m1./s1. The van der Waals surface area contributed by atoms with Gasteiger partial charge in [0.25, 0.3) is 0 Å². The van der Waals surface area contributed by atoms with E-state index in [9.17, 15) is 4.79 Å². The molecule has 4 aromatic rings. The van der Waals surface area contributed by atoms with Gasteiger partial charge in [0.2, 0.25) is 5.91 Å². The molecule has 39 heavy (non-hydrogen) atoms. The summed E-state index contributed by atoms with van der Waals surface area (Å²) in [4.78, 5) is 15.7. The van der Waals surface area contributed by atoms with Crippen LogP contribution in [0, 0.1) is 12.8 Å². The lowest BCUT2D eigenvalue weighted by Crippen LogP contribution is -2.49. The monoisotopic (exact) mass is 518 g/mol. The third-order valence-electron chi connectivity index (χ3n) is 8.14. The number of carbonyl (C=O) groups is 1. The Kier molecular flexibility index (Phi) is 8.43. The first kappa shape index (κ1) is 26.7. The van der Waals surface area contributed by atoms with Gasteiger partial charge in [-0.25, -0.2) is 0 Å². The second-order valence-corrected chi connectivity index (χ2v) is 10.6. The number of fused-ring (bicyclic) bond motifs is 1. The van der Waals surface area contributed by atoms with Crippen LogP contribution in [0.1, 0.15) is 34.2 Å². The topological polar surface area (TPSA) is 55.6 Å². The molecule has 0 radical (unpaired) electrons. The highest BCUT2D eigenvalue weighted by molar-refractivity contribution is 5.91. The molecule has 4 heteroatoms. The van der Waals surface area contributed by atoms with Gasteiger partial charge in [-0.1, -0.05) is 109 Å². The van der Waals surface area contributed by atoms with Crippen LogP contribution in [0.2, 0.25) is 0 Å². The van der Waals surface area contributed by atoms with Crippen molar-refractivity contribution in [2.75, 3.05) is 26.2 Å². The third kappa shape index (κ3) is 5.91. The van der Waals surface area contributed by atoms with Gasteiger partial charge in [-0.2, -0.15) is 0 Å². The summed E-state index contributed by atoms with van der Waals surface area (Å²) >= 11 is 0. The van der Waals surface area contributed by atoms with Crippen molar-refractivity contribution in [3.63, 3.8) is 0 Å². The molecule has 0 aliphatic carbocycles. The number of amides is 1. The Morgan fingerprint density at radius 1 is 0.897 bits per heavy atom. The maximum atomic E-state index is 13.2. The van der Waals surface area contributed by atoms with E-state index < -0.39 is 5.41 Å². The summed E-state index contributed by atoms with van der Waals surface area (Å²) in [5.41, 5.74) is 11.4. The molecule has 2 heterocycles. The Morgan fingerprint density at radius 3 is 2.08 bits per heavy atom. The molecule has 0 unspecified atom stereocenters. The largest absolute Gasteiger partial charge is 0.493 e. The van der Waals surface area contributed by atoms with Crippen LogP contribution < -0.4 is 10.5 Å². The predicted molar refractivity (Wildman–Crippen MR) is 158 cm³/mol. The van der Waals surface area contributed by atoms with Crippen molar-refractivity contribution in [3.05, 3.63) is 137 Å². The molecule has 0 spiro atoms. The van der Waals surface area contributed by atoms with Gasteiger partial charge in [0.15, 0.2) is 0 Å². The van der Waals surface area contributed by atoms with E-state index in [1.807, 2.05) is 78.9 Å². The van der Waals surface area contributed by atoms with E-state index in [2.05, 4.69) is 42.2 Å². The molecule has 6 rings (SSSR count). The highest BCUT2D eigenvalue weighted by Gasteiger charge is 2.49. The average molecular weight is 519 g/mol. The van der Waals surface area contributed by atoms with Crippen LogP contribution in [0.3, 0.4) is 0 Å². The molecule has 2 aliphatic heterocycles. The fourth-order valence-electron chi connectivity index (χ4n) is 6.13. The van der Waals surface area contributed by atoms with E-state index >= 15 is 0 Å². The van der Waals surface area contributed by atoms with Crippen molar-refractivity contribution in [1.82, 2.24) is 4.90 Å². The molecular formula is C35H38N2O2. The average Bonchev–Trinajstić information content (AvgIpc) is 3.64. The Bertz CT molecular complexity index is 1320. The van der Waals surface area contributed by atoms with Gasteiger partial charge in [0.05, 0.1) is 6.61 Å². The van der Waals surface area contributed by atoms with Crippen LogP contribution in [0.15, 0.2) is 109 Å². The first-order chi connectivity index (χ1) is 19.1. The number of carbonyl (C=O) groups excluding carboxylic acids is 1. The minimum absolute atomic E-state index is 0.137. The Balaban J connectivity index is 0.000000384. The predicted octanol–water partition coefficient (Wildman–Crippen LogP) is 5.95. The van der Waals surface area contributed by atoms with E-state index in [1.165, 1.54) is 16.7 Å². The number of nitrogens with zero attached hydrogens (tertiary/aromatic N) is 1. The second kappa shape index (κ2) is 12.3. The van der Waals surface area contributed by atoms with Gasteiger partial charge in [-0.15, -0.1) is 0 Å². The molecule has 2 aliphatic rings. The summed E-state index contributed by atoms with van der Waals surface area (Å²) < 4.78 is 5.64. The molecule has 4 aromatic carbocycles. The highest BCUT2D eigenvalue weighted by Crippen LogP contribution is 2.43. The molecule has 1 amide bonds. The molecule has 0 aromatic heterocycles. The number of hydrogen-bond donors (Lipinski definition) is 1. The summed E-state index contributed by atoms with van der Waals surface area (Å²) in [5, 5.41) is 0. The molecule has 1 saturated heterocycles. The molecule has 4 nitrogen and oxygen atoms in total. The van der Waals surface area contributed by atoms with Crippen molar-refractivity contribution in [3.8, 4) is 5.75 Å². The summed E-state index contributed by atoms with van der Waals surface area (Å²) in [6, 6.07) is 37.0. The number of primary amides is 1. The zero-order valence-corrected chi connectivity index (χ0v) is 22.8. The molecule has 2 N–H and O–H groups in total. The molecule has 200 valence electrons. The minimum atomic E-state index is -0.817. The van der Waals surface area contributed by atoms with Gasteiger partial charge in [0.1, 0.15) is 11.2 Å². The van der Waals surface area contributed by atoms with Crippen LogP contribution in [0.5, 0.6) is 5.75 Å². The first-order valence-corrected chi connectivity index (χ1v) is 14.0. The zero-order chi connectivity index (χ0) is 27.1. The van der Waals surface area contributed by atoms with Gasteiger partial charge >= 0.3 is 0 Å². The maximum absolute atomic E-state index is 13.2. The van der Waals surface area contributed by atoms with Gasteiger partial charge in [-0.3, -0.25) is 4.79 Å². The lowest BCUT2D eigenvalue weighted by molar-refractivity contribution is -0.123. The van der Waals surface area contributed by atoms with Gasteiger partial charge < -0.3 is 15.4 Å². The van der Waals surface area contributed by atoms with Crippen LogP contribution in [-0.2, 0) is 23.1 Å². The summed E-state index contributed by atoms with van der Waals surface area (Å²) in [6.07, 6.45) is 2.95. The quantitative estimate of drug-likeness (QED) is 0.329. The van der Waals surface area contributed by atoms with Crippen molar-refractivity contribution < 1.29 is 9.53 Å². The van der Waals surface area contributed by atoms with Gasteiger partial charge in [-0.05, 0) is 60.5 Å². The number of likely N-dealkylation sites (tertiary alicyclic amines) is 1. The smallest absolute Gasteiger partial charge is 0.232 e. The lowest BCUT2D eigenvalue weighted by Gasteiger charge is -2.37. The molecular weight excluding hydrogens is 480 g/mol. The number of benzene rings is 4. The van der Waals surface area contributed by atoms with Crippen molar-refractivity contribution >= 4 is 5.91 Å². The first-order valence-electron chi connectivity index (χ1n) is 14.0. The summed E-state index contributed by atoms with van der Waals surface area (Å²) in [6.45, 7) is 5.70. The van der Waals surface area contributed by atoms with Crippen molar-refractivity contribution in [1.29, 1.82) is 0 Å². The normalized spacial score (nSPS) is 16.6. The van der Waals surface area contributed by atoms with E-state index in [0.717, 1.165) is 62.4 Å². The van der Waals surface area contributed by atoms with E-state index in [0.29, 0.717) is 0 Å². The van der Waals surface area contributed by atoms with Crippen LogP contribution >= 0.6 is 0 Å². The minimum Gasteiger partial charge on any atom is -0.493 e. The molecule has 0 bridgehead atoms. The fraction of sp³-hybridized carbons (Fsp3) is 0.286. The molecule has 0 saturated carbocycles. The van der Waals surface area contributed by atoms with Gasteiger partial charge in [0, 0.05) is 19.5 Å². The lowest BCUT2D eigenvalue weighted by atomic mass is 9.64. The summed E-state index contributed by atoms with van der Waals surface area (Å²) in [7, 11) is 0. The second-order valence-electron chi connectivity index (χ2n) is 10.6. The highest BCUT2D eigenvalue weighted by atomic mass is 16.5. The zero-order valence-electron chi connectivity index (χ0n) is 22.8. The van der Waals surface area contributed by atoms with E-state index in [1.54, 1.807) is 0 Å².